The van der Waals surface area contributed by atoms with Crippen molar-refractivity contribution < 1.29 is 18.0 Å². The number of anilines is 1. The molecule has 5 rings (SSSR count). The molecule has 2 fully saturated rings. The van der Waals surface area contributed by atoms with Gasteiger partial charge < -0.3 is 14.2 Å². The lowest BCUT2D eigenvalue weighted by molar-refractivity contribution is 0.0174. The van der Waals surface area contributed by atoms with E-state index in [0.29, 0.717) is 16.9 Å². The lowest BCUT2D eigenvalue weighted by Gasteiger charge is -2.38. The first-order chi connectivity index (χ1) is 16.0. The van der Waals surface area contributed by atoms with Crippen molar-refractivity contribution in [2.75, 3.05) is 11.4 Å². The van der Waals surface area contributed by atoms with Crippen molar-refractivity contribution in [2.45, 2.75) is 57.3 Å². The molecule has 2 atom stereocenters. The van der Waals surface area contributed by atoms with Gasteiger partial charge in [0.05, 0.1) is 23.8 Å². The number of pyridine rings is 1. The summed E-state index contributed by atoms with van der Waals surface area (Å²) in [6.07, 6.45) is 5.12. The highest BCUT2D eigenvalue weighted by molar-refractivity contribution is 5.65. The van der Waals surface area contributed by atoms with Gasteiger partial charge in [-0.15, -0.1) is 0 Å². The Kier molecular flexibility index (Phi) is 5.81. The van der Waals surface area contributed by atoms with Crippen LogP contribution < -0.4 is 4.90 Å². The van der Waals surface area contributed by atoms with Gasteiger partial charge in [0, 0.05) is 30.3 Å². The van der Waals surface area contributed by atoms with Crippen LogP contribution in [-0.4, -0.2) is 28.8 Å². The minimum Gasteiger partial charge on any atom is -0.373 e. The van der Waals surface area contributed by atoms with Crippen molar-refractivity contribution >= 4 is 5.82 Å². The van der Waals surface area contributed by atoms with Crippen molar-refractivity contribution in [3.63, 3.8) is 0 Å². The van der Waals surface area contributed by atoms with Gasteiger partial charge in [0.25, 0.3) is 0 Å². The summed E-state index contributed by atoms with van der Waals surface area (Å²) in [5.74, 6) is 0.433. The van der Waals surface area contributed by atoms with Crippen molar-refractivity contribution in [3.8, 4) is 17.3 Å². The van der Waals surface area contributed by atoms with E-state index in [1.165, 1.54) is 18.2 Å². The summed E-state index contributed by atoms with van der Waals surface area (Å²) in [6, 6.07) is 9.70. The Morgan fingerprint density at radius 3 is 2.61 bits per heavy atom. The molecule has 2 aliphatic rings. The first-order valence-electron chi connectivity index (χ1n) is 11.2. The highest BCUT2D eigenvalue weighted by atomic mass is 19.1. The van der Waals surface area contributed by atoms with Crippen LogP contribution in [0, 0.1) is 23.0 Å². The van der Waals surface area contributed by atoms with Gasteiger partial charge in [0.15, 0.2) is 0 Å². The third kappa shape index (κ3) is 4.33. The van der Waals surface area contributed by atoms with Gasteiger partial charge in [-0.25, -0.2) is 13.8 Å². The molecule has 0 spiro atoms. The predicted molar refractivity (Wildman–Crippen MR) is 117 cm³/mol. The maximum absolute atomic E-state index is 14.4. The molecule has 1 saturated heterocycles. The van der Waals surface area contributed by atoms with Crippen LogP contribution in [-0.2, 0) is 11.3 Å². The number of nitrogens with zero attached hydrogens (tertiary/aromatic N) is 4. The number of ether oxygens (including phenoxy) is 1. The van der Waals surface area contributed by atoms with E-state index in [-0.39, 0.29) is 35.9 Å². The van der Waals surface area contributed by atoms with Crippen LogP contribution in [0.4, 0.5) is 14.6 Å². The number of hydrogen-bond donors (Lipinski definition) is 0. The Balaban J connectivity index is 1.30. The van der Waals surface area contributed by atoms with Gasteiger partial charge in [-0.1, -0.05) is 11.2 Å². The largest absolute Gasteiger partial charge is 0.373 e. The Morgan fingerprint density at radius 1 is 1.18 bits per heavy atom. The van der Waals surface area contributed by atoms with Crippen LogP contribution in [0.2, 0.25) is 0 Å². The second kappa shape index (κ2) is 8.91. The summed E-state index contributed by atoms with van der Waals surface area (Å²) in [5.41, 5.74) is 1.21. The fourth-order valence-electron chi connectivity index (χ4n) is 4.49. The van der Waals surface area contributed by atoms with Crippen molar-refractivity contribution in [3.05, 3.63) is 65.1 Å². The van der Waals surface area contributed by atoms with Gasteiger partial charge in [-0.3, -0.25) is 0 Å². The van der Waals surface area contributed by atoms with Crippen molar-refractivity contribution in [2.24, 2.45) is 0 Å². The second-order valence-corrected chi connectivity index (χ2v) is 8.76. The van der Waals surface area contributed by atoms with E-state index in [4.69, 9.17) is 14.5 Å². The van der Waals surface area contributed by atoms with E-state index >= 15 is 0 Å². The van der Waals surface area contributed by atoms with E-state index in [1.807, 2.05) is 6.07 Å². The molecule has 3 heterocycles. The molecule has 2 aromatic heterocycles. The van der Waals surface area contributed by atoms with E-state index in [1.54, 1.807) is 12.3 Å². The zero-order valence-electron chi connectivity index (χ0n) is 18.3. The normalized spacial score (nSPS) is 20.6. The number of hydrogen-bond acceptors (Lipinski definition) is 6. The fourth-order valence-corrected chi connectivity index (χ4v) is 4.49. The van der Waals surface area contributed by atoms with Crippen LogP contribution in [0.3, 0.4) is 0 Å². The van der Waals surface area contributed by atoms with Gasteiger partial charge in [-0.2, -0.15) is 5.26 Å². The molecular formula is C25H24F2N4O2. The molecule has 170 valence electrons. The van der Waals surface area contributed by atoms with Crippen LogP contribution in [0.5, 0.6) is 0 Å². The molecule has 0 N–H and O–H groups in total. The molecule has 6 nitrogen and oxygen atoms in total. The highest BCUT2D eigenvalue weighted by Crippen LogP contribution is 2.45. The standard InChI is InChI=1S/C25H24F2N4O2/c1-15-11-18(9-10-31(15)22-8-5-16(12-28)13-29-22)32-14-19-24(30-33-25(19)17-6-7-17)23-20(26)3-2-4-21(23)27/h2-5,8,13,15,17-18H,6-7,9-11,14H2,1H3/t15-,18-/m1/s1. The lowest BCUT2D eigenvalue weighted by Crippen LogP contribution is -2.43. The van der Waals surface area contributed by atoms with Crippen LogP contribution in [0.15, 0.2) is 41.1 Å². The topological polar surface area (TPSA) is 75.2 Å². The zero-order chi connectivity index (χ0) is 22.9. The molecular weight excluding hydrogens is 426 g/mol. The average molecular weight is 450 g/mol. The average Bonchev–Trinajstić information content (AvgIpc) is 3.58. The van der Waals surface area contributed by atoms with E-state index in [2.05, 4.69) is 28.0 Å². The van der Waals surface area contributed by atoms with Crippen LogP contribution in [0.1, 0.15) is 55.4 Å². The quantitative estimate of drug-likeness (QED) is 0.505. The minimum atomic E-state index is -0.663. The fraction of sp³-hybridized carbons (Fsp3) is 0.400. The smallest absolute Gasteiger partial charge is 0.145 e. The molecule has 1 aliphatic heterocycles. The number of rotatable bonds is 6. The van der Waals surface area contributed by atoms with Gasteiger partial charge in [0.2, 0.25) is 0 Å². The molecule has 3 aromatic rings. The zero-order valence-corrected chi connectivity index (χ0v) is 18.3. The molecule has 8 heteroatoms. The molecule has 1 aliphatic carbocycles. The van der Waals surface area contributed by atoms with E-state index in [9.17, 15) is 8.78 Å². The second-order valence-electron chi connectivity index (χ2n) is 8.76. The number of benzene rings is 1. The van der Waals surface area contributed by atoms with Gasteiger partial charge >= 0.3 is 0 Å². The predicted octanol–water partition coefficient (Wildman–Crippen LogP) is 5.34. The van der Waals surface area contributed by atoms with Crippen molar-refractivity contribution in [1.82, 2.24) is 10.1 Å². The summed E-state index contributed by atoms with van der Waals surface area (Å²) < 4.78 is 40.7. The Morgan fingerprint density at radius 2 is 1.97 bits per heavy atom. The molecule has 0 bridgehead atoms. The monoisotopic (exact) mass is 450 g/mol. The lowest BCUT2D eigenvalue weighted by atomic mass is 10.00. The SMILES string of the molecule is C[C@@H]1C[C@H](OCc2c(-c3c(F)cccc3F)noc2C2CC2)CCN1c1ccc(C#N)cn1. The van der Waals surface area contributed by atoms with Crippen LogP contribution in [0.25, 0.3) is 11.3 Å². The van der Waals surface area contributed by atoms with Crippen LogP contribution >= 0.6 is 0 Å². The molecule has 1 saturated carbocycles. The first kappa shape index (κ1) is 21.5. The number of halogens is 2. The van der Waals surface area contributed by atoms with Gasteiger partial charge in [-0.05, 0) is 56.9 Å². The molecule has 0 amide bonds. The minimum absolute atomic E-state index is 0.00472. The van der Waals surface area contributed by atoms with E-state index < -0.39 is 11.6 Å². The molecule has 33 heavy (non-hydrogen) atoms. The summed E-state index contributed by atoms with van der Waals surface area (Å²) in [7, 11) is 0. The highest BCUT2D eigenvalue weighted by Gasteiger charge is 2.35. The Labute approximate surface area is 190 Å². The summed E-state index contributed by atoms with van der Waals surface area (Å²) in [6.45, 7) is 3.08. The third-order valence-corrected chi connectivity index (χ3v) is 6.43. The molecule has 0 radical (unpaired) electrons. The van der Waals surface area contributed by atoms with E-state index in [0.717, 1.165) is 38.0 Å². The Hall–Kier alpha value is -3.31. The number of aromatic nitrogens is 2. The summed E-state index contributed by atoms with van der Waals surface area (Å²) in [5, 5.41) is 13.0. The number of nitriles is 1. The Bertz CT molecular complexity index is 1160. The maximum atomic E-state index is 14.4. The van der Waals surface area contributed by atoms with Gasteiger partial charge in [0.1, 0.15) is 35.0 Å². The molecule has 1 aromatic carbocycles. The summed E-state index contributed by atoms with van der Waals surface area (Å²) in [4.78, 5) is 6.61. The molecule has 0 unspecified atom stereocenters. The third-order valence-electron chi connectivity index (χ3n) is 6.43. The van der Waals surface area contributed by atoms with Crippen molar-refractivity contribution in [1.29, 1.82) is 5.26 Å². The first-order valence-corrected chi connectivity index (χ1v) is 11.2. The maximum Gasteiger partial charge on any atom is 0.145 e. The summed E-state index contributed by atoms with van der Waals surface area (Å²) >= 11 is 0. The number of piperidine rings is 1.